The van der Waals surface area contributed by atoms with E-state index in [-0.39, 0.29) is 0 Å². The van der Waals surface area contributed by atoms with Gasteiger partial charge in [-0.2, -0.15) is 0 Å². The molecule has 4 rings (SSSR count). The van der Waals surface area contributed by atoms with Crippen LogP contribution in [0, 0.1) is 0 Å². The molecule has 1 aromatic heterocycles. The molecule has 0 aliphatic heterocycles. The molecule has 0 saturated heterocycles. The van der Waals surface area contributed by atoms with Gasteiger partial charge in [0.1, 0.15) is 5.69 Å². The minimum absolute atomic E-state index is 0.615. The highest BCUT2D eigenvalue weighted by Gasteiger charge is 2.14. The van der Waals surface area contributed by atoms with Crippen molar-refractivity contribution in [1.82, 2.24) is 4.98 Å². The highest BCUT2D eigenvalue weighted by molar-refractivity contribution is 9.10. The van der Waals surface area contributed by atoms with Gasteiger partial charge in [-0.05, 0) is 35.9 Å². The van der Waals surface area contributed by atoms with Crippen LogP contribution in [0.2, 0.25) is 0 Å². The third kappa shape index (κ3) is 3.68. The molecule has 3 heteroatoms. The Kier molecular flexibility index (Phi) is 4.80. The summed E-state index contributed by atoms with van der Waals surface area (Å²) >= 11 is 3.46. The minimum atomic E-state index is 0.615. The molecule has 126 valence electrons. The van der Waals surface area contributed by atoms with Gasteiger partial charge in [0.15, 0.2) is 5.76 Å². The molecule has 4 aromatic rings. The third-order valence-electron chi connectivity index (χ3n) is 4.02. The van der Waals surface area contributed by atoms with Crippen molar-refractivity contribution in [2.24, 2.45) is 0 Å². The molecule has 0 atom stereocenters. The topological polar surface area (TPSA) is 26.0 Å². The van der Waals surface area contributed by atoms with Crippen LogP contribution in [0.1, 0.15) is 11.3 Å². The van der Waals surface area contributed by atoms with Crippen LogP contribution in [-0.2, 0) is 0 Å². The number of benzene rings is 3. The van der Waals surface area contributed by atoms with Gasteiger partial charge in [0.05, 0.1) is 0 Å². The maximum absolute atomic E-state index is 6.10. The van der Waals surface area contributed by atoms with E-state index in [9.17, 15) is 0 Å². The third-order valence-corrected chi connectivity index (χ3v) is 4.55. The van der Waals surface area contributed by atoms with E-state index in [0.29, 0.717) is 5.89 Å². The zero-order valence-electron chi connectivity index (χ0n) is 14.0. The Balaban J connectivity index is 1.78. The molecule has 0 fully saturated rings. The van der Waals surface area contributed by atoms with Crippen LogP contribution in [0.15, 0.2) is 93.8 Å². The van der Waals surface area contributed by atoms with Gasteiger partial charge in [-0.15, -0.1) is 0 Å². The maximum atomic E-state index is 6.10. The molecule has 0 aliphatic carbocycles. The maximum Gasteiger partial charge on any atom is 0.227 e. The molecular formula is C23H16BrNO. The van der Waals surface area contributed by atoms with Crippen LogP contribution in [0.5, 0.6) is 0 Å². The Morgan fingerprint density at radius 3 is 2.04 bits per heavy atom. The highest BCUT2D eigenvalue weighted by atomic mass is 79.9. The first-order valence-corrected chi connectivity index (χ1v) is 9.14. The molecule has 0 spiro atoms. The average Bonchev–Trinajstić information content (AvgIpc) is 3.13. The summed E-state index contributed by atoms with van der Waals surface area (Å²) in [5, 5.41) is 0. The van der Waals surface area contributed by atoms with Crippen molar-refractivity contribution in [2.45, 2.75) is 0 Å². The molecule has 3 aromatic carbocycles. The summed E-state index contributed by atoms with van der Waals surface area (Å²) in [5.74, 6) is 1.36. The van der Waals surface area contributed by atoms with Gasteiger partial charge in [0, 0.05) is 15.6 Å². The first-order valence-electron chi connectivity index (χ1n) is 8.35. The molecule has 0 N–H and O–H groups in total. The fraction of sp³-hybridized carbons (Fsp3) is 0. The molecule has 0 aliphatic rings. The molecule has 0 unspecified atom stereocenters. The second-order valence-electron chi connectivity index (χ2n) is 5.85. The molecular weight excluding hydrogens is 386 g/mol. The van der Waals surface area contributed by atoms with Crippen molar-refractivity contribution in [1.29, 1.82) is 0 Å². The van der Waals surface area contributed by atoms with Crippen LogP contribution in [0.25, 0.3) is 34.9 Å². The molecule has 0 bridgehead atoms. The van der Waals surface area contributed by atoms with Crippen LogP contribution >= 0.6 is 15.9 Å². The van der Waals surface area contributed by atoms with Crippen molar-refractivity contribution in [2.75, 3.05) is 0 Å². The normalized spacial score (nSPS) is 11.1. The molecule has 0 radical (unpaired) electrons. The summed E-state index contributed by atoms with van der Waals surface area (Å²) in [6.07, 6.45) is 4.02. The lowest BCUT2D eigenvalue weighted by Crippen LogP contribution is -1.81. The Morgan fingerprint density at radius 1 is 0.692 bits per heavy atom. The minimum Gasteiger partial charge on any atom is -0.436 e. The van der Waals surface area contributed by atoms with Crippen molar-refractivity contribution >= 4 is 28.1 Å². The predicted molar refractivity (Wildman–Crippen MR) is 110 cm³/mol. The number of oxazole rings is 1. The summed E-state index contributed by atoms with van der Waals surface area (Å²) in [5.41, 5.74) is 3.95. The van der Waals surface area contributed by atoms with Gasteiger partial charge in [-0.3, -0.25) is 0 Å². The van der Waals surface area contributed by atoms with E-state index in [1.54, 1.807) is 0 Å². The van der Waals surface area contributed by atoms with E-state index in [2.05, 4.69) is 28.1 Å². The molecule has 0 amide bonds. The SMILES string of the molecule is Brc1ccc(-c2nc(-c3ccccc3)c(/C=C/c3ccccc3)o2)cc1. The van der Waals surface area contributed by atoms with Crippen LogP contribution < -0.4 is 0 Å². The Hall–Kier alpha value is -2.91. The number of hydrogen-bond acceptors (Lipinski definition) is 2. The average molecular weight is 402 g/mol. The summed E-state index contributed by atoms with van der Waals surface area (Å²) in [7, 11) is 0. The smallest absolute Gasteiger partial charge is 0.227 e. The number of nitrogens with zero attached hydrogens (tertiary/aromatic N) is 1. The second-order valence-corrected chi connectivity index (χ2v) is 6.76. The van der Waals surface area contributed by atoms with Crippen LogP contribution in [0.4, 0.5) is 0 Å². The summed E-state index contributed by atoms with van der Waals surface area (Å²) in [4.78, 5) is 4.76. The van der Waals surface area contributed by atoms with Crippen LogP contribution in [0.3, 0.4) is 0 Å². The van der Waals surface area contributed by atoms with Gasteiger partial charge in [-0.25, -0.2) is 4.98 Å². The largest absolute Gasteiger partial charge is 0.436 e. The Morgan fingerprint density at radius 2 is 1.35 bits per heavy atom. The van der Waals surface area contributed by atoms with Gasteiger partial charge >= 0.3 is 0 Å². The number of aromatic nitrogens is 1. The lowest BCUT2D eigenvalue weighted by atomic mass is 10.1. The fourth-order valence-electron chi connectivity index (χ4n) is 2.70. The standard InChI is InChI=1S/C23H16BrNO/c24-20-14-12-19(13-15-20)23-25-22(18-9-5-2-6-10-18)21(26-23)16-11-17-7-3-1-4-8-17/h1-16H/b16-11+. The van der Waals surface area contributed by atoms with E-state index in [0.717, 1.165) is 32.6 Å². The van der Waals surface area contributed by atoms with E-state index in [1.807, 2.05) is 84.9 Å². The Labute approximate surface area is 161 Å². The molecule has 0 saturated carbocycles. The summed E-state index contributed by atoms with van der Waals surface area (Å²) < 4.78 is 7.13. The van der Waals surface area contributed by atoms with Crippen molar-refractivity contribution in [3.8, 4) is 22.7 Å². The summed E-state index contributed by atoms with van der Waals surface area (Å²) in [6.45, 7) is 0. The van der Waals surface area contributed by atoms with Crippen molar-refractivity contribution in [3.05, 3.63) is 101 Å². The van der Waals surface area contributed by atoms with Gasteiger partial charge in [0.2, 0.25) is 5.89 Å². The van der Waals surface area contributed by atoms with E-state index >= 15 is 0 Å². The molecule has 26 heavy (non-hydrogen) atoms. The quantitative estimate of drug-likeness (QED) is 0.370. The summed E-state index contributed by atoms with van der Waals surface area (Å²) in [6, 6.07) is 28.2. The zero-order valence-corrected chi connectivity index (χ0v) is 15.6. The monoisotopic (exact) mass is 401 g/mol. The Bertz CT molecular complexity index is 1020. The predicted octanol–water partition coefficient (Wildman–Crippen LogP) is 6.94. The van der Waals surface area contributed by atoms with Gasteiger partial charge < -0.3 is 4.42 Å². The highest BCUT2D eigenvalue weighted by Crippen LogP contribution is 2.31. The first-order chi connectivity index (χ1) is 12.8. The second kappa shape index (κ2) is 7.54. The number of hydrogen-bond donors (Lipinski definition) is 0. The van der Waals surface area contributed by atoms with Crippen LogP contribution in [-0.4, -0.2) is 4.98 Å². The lowest BCUT2D eigenvalue weighted by molar-refractivity contribution is 0.565. The molecule has 1 heterocycles. The van der Waals surface area contributed by atoms with E-state index in [4.69, 9.17) is 9.40 Å². The van der Waals surface area contributed by atoms with E-state index < -0.39 is 0 Å². The first kappa shape index (κ1) is 16.6. The molecule has 2 nitrogen and oxygen atoms in total. The van der Waals surface area contributed by atoms with Gasteiger partial charge in [0.25, 0.3) is 0 Å². The van der Waals surface area contributed by atoms with Crippen molar-refractivity contribution in [3.63, 3.8) is 0 Å². The zero-order chi connectivity index (χ0) is 17.8. The fourth-order valence-corrected chi connectivity index (χ4v) is 2.96. The number of rotatable bonds is 4. The lowest BCUT2D eigenvalue weighted by Gasteiger charge is -1.97. The van der Waals surface area contributed by atoms with Gasteiger partial charge in [-0.1, -0.05) is 82.7 Å². The van der Waals surface area contributed by atoms with E-state index in [1.165, 1.54) is 0 Å². The van der Waals surface area contributed by atoms with Crippen molar-refractivity contribution < 1.29 is 4.42 Å². The number of halogens is 1.